The molecule has 2 aromatic heterocycles. The number of phenolic OH excluding ortho intramolecular Hbond substituents is 1. The van der Waals surface area contributed by atoms with E-state index in [4.69, 9.17) is 9.47 Å². The summed E-state index contributed by atoms with van der Waals surface area (Å²) in [5.41, 5.74) is 0.227. The summed E-state index contributed by atoms with van der Waals surface area (Å²) in [4.78, 5) is 30.9. The Morgan fingerprint density at radius 2 is 1.89 bits per heavy atom. The molecule has 2 aromatic carbocycles. The third-order valence-electron chi connectivity index (χ3n) is 4.40. The lowest BCUT2D eigenvalue weighted by atomic mass is 10.2. The summed E-state index contributed by atoms with van der Waals surface area (Å²) >= 11 is 0. The maximum absolute atomic E-state index is 12.8. The first-order valence-corrected chi connectivity index (χ1v) is 8.28. The maximum Gasteiger partial charge on any atom is 0.350 e. The average Bonchev–Trinajstić information content (AvgIpc) is 3.06. The minimum Gasteiger partial charge on any atom is -0.504 e. The van der Waals surface area contributed by atoms with Gasteiger partial charge in [0.25, 0.3) is 0 Å². The second-order valence-electron chi connectivity index (χ2n) is 5.98. The largest absolute Gasteiger partial charge is 0.504 e. The first kappa shape index (κ1) is 17.4. The van der Waals surface area contributed by atoms with Crippen LogP contribution in [-0.4, -0.2) is 40.2 Å². The zero-order valence-corrected chi connectivity index (χ0v) is 15.0. The zero-order valence-electron chi connectivity index (χ0n) is 15.0. The molecule has 0 bridgehead atoms. The van der Waals surface area contributed by atoms with E-state index in [0.717, 1.165) is 0 Å². The first-order chi connectivity index (χ1) is 13.5. The Balaban J connectivity index is 1.88. The van der Waals surface area contributed by atoms with Gasteiger partial charge in [0, 0.05) is 16.5 Å². The van der Waals surface area contributed by atoms with Crippen LogP contribution in [0.2, 0.25) is 0 Å². The van der Waals surface area contributed by atoms with Gasteiger partial charge in [0.05, 0.1) is 26.0 Å². The van der Waals surface area contributed by atoms with E-state index in [-0.39, 0.29) is 17.0 Å². The quantitative estimate of drug-likeness (QED) is 0.466. The van der Waals surface area contributed by atoms with E-state index in [9.17, 15) is 14.7 Å². The number of H-pyrrole nitrogens is 2. The number of aromatic nitrogens is 3. The summed E-state index contributed by atoms with van der Waals surface area (Å²) in [6, 6.07) is 10.0. The van der Waals surface area contributed by atoms with Gasteiger partial charge in [-0.2, -0.15) is 5.10 Å². The molecule has 142 valence electrons. The molecule has 0 saturated carbocycles. The minimum absolute atomic E-state index is 0.142. The van der Waals surface area contributed by atoms with Gasteiger partial charge in [0.2, 0.25) is 0 Å². The molecule has 9 nitrogen and oxygen atoms in total. The molecule has 4 rings (SSSR count). The summed E-state index contributed by atoms with van der Waals surface area (Å²) in [5.74, 6) is 0.715. The van der Waals surface area contributed by atoms with Gasteiger partial charge in [0.1, 0.15) is 11.3 Å². The lowest BCUT2D eigenvalue weighted by Crippen LogP contribution is -2.32. The number of methoxy groups -OCH3 is 2. The number of aromatic hydroxyl groups is 1. The van der Waals surface area contributed by atoms with E-state index in [0.29, 0.717) is 32.4 Å². The molecule has 4 aromatic rings. The Hall–Kier alpha value is -4.01. The molecule has 0 unspecified atom stereocenters. The number of benzene rings is 2. The van der Waals surface area contributed by atoms with E-state index >= 15 is 0 Å². The van der Waals surface area contributed by atoms with Gasteiger partial charge in [-0.05, 0) is 30.3 Å². The van der Waals surface area contributed by atoms with Crippen molar-refractivity contribution in [2.45, 2.75) is 0 Å². The van der Waals surface area contributed by atoms with Crippen LogP contribution < -0.4 is 20.7 Å². The van der Waals surface area contributed by atoms with Crippen molar-refractivity contribution in [3.05, 3.63) is 62.8 Å². The molecule has 28 heavy (non-hydrogen) atoms. The molecule has 0 aliphatic heterocycles. The molecule has 0 aliphatic carbocycles. The number of rotatable bonds is 4. The molecule has 0 fully saturated rings. The van der Waals surface area contributed by atoms with Crippen molar-refractivity contribution in [1.29, 1.82) is 0 Å². The number of hydrogen-bond donors (Lipinski definition) is 3. The Kier molecular flexibility index (Phi) is 4.11. The SMILES string of the molecule is COc1ccc2[nH]c3c(=O)n(N=Cc4cccc(OC)c4O)c(=O)[nH]c3c2c1. The topological polar surface area (TPSA) is 122 Å². The third kappa shape index (κ3) is 2.69. The van der Waals surface area contributed by atoms with Crippen LogP contribution in [0.4, 0.5) is 0 Å². The highest BCUT2D eigenvalue weighted by Crippen LogP contribution is 2.28. The molecule has 0 spiro atoms. The van der Waals surface area contributed by atoms with Crippen molar-refractivity contribution >= 4 is 28.2 Å². The summed E-state index contributed by atoms with van der Waals surface area (Å²) in [6.07, 6.45) is 1.21. The fourth-order valence-corrected chi connectivity index (χ4v) is 2.98. The van der Waals surface area contributed by atoms with Crippen molar-refractivity contribution in [2.75, 3.05) is 14.2 Å². The fraction of sp³-hybridized carbons (Fsp3) is 0.105. The predicted octanol–water partition coefficient (Wildman–Crippen LogP) is 1.78. The highest BCUT2D eigenvalue weighted by Gasteiger charge is 2.13. The minimum atomic E-state index is -0.708. The lowest BCUT2D eigenvalue weighted by Gasteiger charge is -2.05. The van der Waals surface area contributed by atoms with Gasteiger partial charge in [-0.3, -0.25) is 4.79 Å². The molecule has 3 N–H and O–H groups in total. The number of phenols is 1. The third-order valence-corrected chi connectivity index (χ3v) is 4.40. The standard InChI is InChI=1S/C19H16N4O5/c1-27-11-6-7-13-12(8-11)15-16(21-13)18(25)23(19(26)22-15)20-9-10-4-3-5-14(28-2)17(10)24/h3-9,21,24H,1-2H3,(H,22,26). The second kappa shape index (κ2) is 6.62. The summed E-state index contributed by atoms with van der Waals surface area (Å²) < 4.78 is 10.9. The van der Waals surface area contributed by atoms with Crippen LogP contribution in [0.25, 0.3) is 21.9 Å². The number of nitrogens with one attached hydrogen (secondary N) is 2. The lowest BCUT2D eigenvalue weighted by molar-refractivity contribution is 0.373. The highest BCUT2D eigenvalue weighted by atomic mass is 16.5. The average molecular weight is 380 g/mol. The van der Waals surface area contributed by atoms with Gasteiger partial charge in [-0.15, -0.1) is 4.68 Å². The smallest absolute Gasteiger partial charge is 0.350 e. The van der Waals surface area contributed by atoms with Crippen LogP contribution >= 0.6 is 0 Å². The van der Waals surface area contributed by atoms with E-state index in [1.807, 2.05) is 0 Å². The second-order valence-corrected chi connectivity index (χ2v) is 5.98. The van der Waals surface area contributed by atoms with Crippen LogP contribution in [0.3, 0.4) is 0 Å². The van der Waals surface area contributed by atoms with Crippen molar-refractivity contribution in [2.24, 2.45) is 5.10 Å². The number of para-hydroxylation sites is 1. The van der Waals surface area contributed by atoms with Crippen molar-refractivity contribution in [3.63, 3.8) is 0 Å². The maximum atomic E-state index is 12.8. The van der Waals surface area contributed by atoms with Gasteiger partial charge in [-0.1, -0.05) is 6.07 Å². The molecular weight excluding hydrogens is 364 g/mol. The number of nitrogens with zero attached hydrogens (tertiary/aromatic N) is 2. The van der Waals surface area contributed by atoms with Crippen LogP contribution in [0, 0.1) is 0 Å². The number of ether oxygens (including phenoxy) is 2. The molecule has 0 aliphatic rings. The Labute approximate surface area is 157 Å². The van der Waals surface area contributed by atoms with Crippen LogP contribution in [0.1, 0.15) is 5.56 Å². The van der Waals surface area contributed by atoms with Crippen molar-refractivity contribution in [1.82, 2.24) is 14.6 Å². The molecule has 0 saturated heterocycles. The monoisotopic (exact) mass is 380 g/mol. The normalized spacial score (nSPS) is 11.5. The zero-order chi connectivity index (χ0) is 19.8. The van der Waals surface area contributed by atoms with Gasteiger partial charge in [-0.25, -0.2) is 4.79 Å². The van der Waals surface area contributed by atoms with Crippen LogP contribution in [0.5, 0.6) is 17.2 Å². The summed E-state index contributed by atoms with van der Waals surface area (Å²) in [6.45, 7) is 0. The van der Waals surface area contributed by atoms with E-state index in [2.05, 4.69) is 15.1 Å². The number of aromatic amines is 2. The molecule has 0 amide bonds. The Morgan fingerprint density at radius 3 is 2.64 bits per heavy atom. The summed E-state index contributed by atoms with van der Waals surface area (Å²) in [5, 5.41) is 14.7. The van der Waals surface area contributed by atoms with Gasteiger partial charge in [0.15, 0.2) is 11.5 Å². The van der Waals surface area contributed by atoms with E-state index in [1.165, 1.54) is 20.4 Å². The molecule has 0 atom stereocenters. The van der Waals surface area contributed by atoms with E-state index < -0.39 is 11.2 Å². The van der Waals surface area contributed by atoms with E-state index in [1.54, 1.807) is 36.4 Å². The number of hydrogen-bond acceptors (Lipinski definition) is 6. The highest BCUT2D eigenvalue weighted by molar-refractivity contribution is 6.04. The first-order valence-electron chi connectivity index (χ1n) is 8.28. The molecule has 9 heteroatoms. The van der Waals surface area contributed by atoms with Crippen molar-refractivity contribution < 1.29 is 14.6 Å². The summed E-state index contributed by atoms with van der Waals surface area (Å²) in [7, 11) is 2.96. The molecule has 0 radical (unpaired) electrons. The van der Waals surface area contributed by atoms with Crippen molar-refractivity contribution in [3.8, 4) is 17.2 Å². The Bertz CT molecular complexity index is 1350. The molecular formula is C19H16N4O5. The van der Waals surface area contributed by atoms with Gasteiger partial charge < -0.3 is 24.5 Å². The predicted molar refractivity (Wildman–Crippen MR) is 105 cm³/mol. The van der Waals surface area contributed by atoms with Crippen LogP contribution in [0.15, 0.2) is 51.1 Å². The van der Waals surface area contributed by atoms with Gasteiger partial charge >= 0.3 is 11.2 Å². The van der Waals surface area contributed by atoms with Crippen LogP contribution in [-0.2, 0) is 0 Å². The molecule has 2 heterocycles. The Morgan fingerprint density at radius 1 is 1.07 bits per heavy atom. The number of fused-ring (bicyclic) bond motifs is 3. The fourth-order valence-electron chi connectivity index (χ4n) is 2.98.